The number of carbonyl (C=O) groups is 2. The molecule has 1 aliphatic heterocycles. The van der Waals surface area contributed by atoms with Gasteiger partial charge in [0.1, 0.15) is 0 Å². The van der Waals surface area contributed by atoms with Gasteiger partial charge in [0.25, 0.3) is 5.91 Å². The van der Waals surface area contributed by atoms with Crippen molar-refractivity contribution in [1.82, 2.24) is 19.7 Å². The van der Waals surface area contributed by atoms with E-state index in [0.717, 1.165) is 24.2 Å². The Bertz CT molecular complexity index is 1430. The summed E-state index contributed by atoms with van der Waals surface area (Å²) in [5, 5.41) is 10.1. The van der Waals surface area contributed by atoms with Gasteiger partial charge in [-0.05, 0) is 48.8 Å². The molecule has 4 rings (SSSR count). The number of likely N-dealkylation sites (tertiary alicyclic amines) is 1. The van der Waals surface area contributed by atoms with E-state index in [2.05, 4.69) is 64.9 Å². The number of pyridine rings is 1. The fourth-order valence-electron chi connectivity index (χ4n) is 5.86. The van der Waals surface area contributed by atoms with Crippen LogP contribution in [0.15, 0.2) is 60.3 Å². The van der Waals surface area contributed by atoms with Gasteiger partial charge in [-0.15, -0.1) is 0 Å². The molecular weight excluding hydrogens is 528 g/mol. The lowest BCUT2D eigenvalue weighted by atomic mass is 9.83. The maximum Gasteiger partial charge on any atom is 0.259 e. The molecule has 4 N–H and O–H groups in total. The van der Waals surface area contributed by atoms with Crippen LogP contribution in [0.1, 0.15) is 58.2 Å². The predicted octanol–water partition coefficient (Wildman–Crippen LogP) is 4.68. The highest BCUT2D eigenvalue weighted by Gasteiger charge is 2.44. The van der Waals surface area contributed by atoms with Crippen molar-refractivity contribution in [3.8, 4) is 0 Å². The average molecular weight is 573 g/mol. The number of nitrogens with two attached hydrogens (primary N) is 1. The number of nitrogens with one attached hydrogen (secondary N) is 2. The van der Waals surface area contributed by atoms with Crippen LogP contribution >= 0.6 is 0 Å². The van der Waals surface area contributed by atoms with Crippen LogP contribution in [0.25, 0.3) is 5.57 Å². The number of nitrogens with zero attached hydrogens (tertiary/aromatic N) is 5. The van der Waals surface area contributed by atoms with Gasteiger partial charge in [0, 0.05) is 50.3 Å². The van der Waals surface area contributed by atoms with E-state index in [1.807, 2.05) is 13.2 Å². The highest BCUT2D eigenvalue weighted by Crippen LogP contribution is 2.42. The fourth-order valence-corrected chi connectivity index (χ4v) is 5.86. The lowest BCUT2D eigenvalue weighted by Gasteiger charge is -2.47. The zero-order valence-electron chi connectivity index (χ0n) is 25.6. The highest BCUT2D eigenvalue weighted by molar-refractivity contribution is 6.29. The molecule has 10 nitrogen and oxygen atoms in total. The first-order valence-corrected chi connectivity index (χ1v) is 14.6. The van der Waals surface area contributed by atoms with Crippen molar-refractivity contribution in [3.63, 3.8) is 0 Å². The van der Waals surface area contributed by atoms with Gasteiger partial charge in [-0.2, -0.15) is 5.10 Å². The molecule has 2 aromatic rings. The van der Waals surface area contributed by atoms with Crippen LogP contribution in [-0.4, -0.2) is 56.3 Å². The van der Waals surface area contributed by atoms with Gasteiger partial charge in [0.05, 0.1) is 46.7 Å². The van der Waals surface area contributed by atoms with Gasteiger partial charge in [-0.25, -0.2) is 0 Å². The molecule has 1 atom stereocenters. The smallest absolute Gasteiger partial charge is 0.259 e. The van der Waals surface area contributed by atoms with Gasteiger partial charge >= 0.3 is 0 Å². The molecule has 0 bridgehead atoms. The molecule has 0 aromatic carbocycles. The average Bonchev–Trinajstić information content (AvgIpc) is 3.48. The minimum absolute atomic E-state index is 0.0324. The van der Waals surface area contributed by atoms with Gasteiger partial charge in [0.2, 0.25) is 5.91 Å². The molecule has 2 amide bonds. The zero-order valence-corrected chi connectivity index (χ0v) is 25.6. The molecule has 0 radical (unpaired) electrons. The first-order chi connectivity index (χ1) is 19.9. The Hall–Kier alpha value is -4.05. The number of hydrogen-bond acceptors (Lipinski definition) is 7. The first kappa shape index (κ1) is 30.9. The number of aryl methyl sites for hydroxylation is 2. The monoisotopic (exact) mass is 572 g/mol. The van der Waals surface area contributed by atoms with E-state index in [1.165, 1.54) is 31.5 Å². The number of hydrogen-bond donors (Lipinski definition) is 3. The highest BCUT2D eigenvalue weighted by atomic mass is 16.2. The number of anilines is 2. The molecule has 3 heterocycles. The zero-order chi connectivity index (χ0) is 30.6. The predicted molar refractivity (Wildman–Crippen MR) is 169 cm³/mol. The summed E-state index contributed by atoms with van der Waals surface area (Å²) in [4.78, 5) is 37.7. The molecule has 2 aromatic heterocycles. The van der Waals surface area contributed by atoms with Crippen LogP contribution in [0.3, 0.4) is 0 Å². The Balaban J connectivity index is 1.43. The minimum Gasteiger partial charge on any atom is -0.404 e. The lowest BCUT2D eigenvalue weighted by molar-refractivity contribution is -0.127. The number of allylic oxidation sites excluding steroid dienone is 2. The van der Waals surface area contributed by atoms with E-state index < -0.39 is 5.91 Å². The summed E-state index contributed by atoms with van der Waals surface area (Å²) in [7, 11) is 1.86. The summed E-state index contributed by atoms with van der Waals surface area (Å²) in [6.07, 6.45) is 13.4. The van der Waals surface area contributed by atoms with Crippen LogP contribution < -0.4 is 16.4 Å². The van der Waals surface area contributed by atoms with Crippen molar-refractivity contribution in [2.75, 3.05) is 23.7 Å². The van der Waals surface area contributed by atoms with Crippen molar-refractivity contribution in [1.29, 1.82) is 0 Å². The minimum atomic E-state index is -0.459. The van der Waals surface area contributed by atoms with E-state index in [-0.39, 0.29) is 23.3 Å². The van der Waals surface area contributed by atoms with Gasteiger partial charge in [-0.1, -0.05) is 40.7 Å². The number of aromatic nitrogens is 3. The molecule has 1 saturated carbocycles. The van der Waals surface area contributed by atoms with Crippen LogP contribution in [0, 0.1) is 24.2 Å². The topological polar surface area (TPSA) is 131 Å². The third-order valence-electron chi connectivity index (χ3n) is 8.41. The first-order valence-electron chi connectivity index (χ1n) is 14.6. The van der Waals surface area contributed by atoms with Crippen molar-refractivity contribution in [3.05, 3.63) is 66.5 Å². The summed E-state index contributed by atoms with van der Waals surface area (Å²) < 4.78 is 1.73. The third-order valence-corrected chi connectivity index (χ3v) is 8.41. The van der Waals surface area contributed by atoms with Crippen LogP contribution in [0.4, 0.5) is 11.4 Å². The van der Waals surface area contributed by atoms with Crippen LogP contribution in [0.2, 0.25) is 0 Å². The van der Waals surface area contributed by atoms with Gasteiger partial charge in [0.15, 0.2) is 0 Å². The molecule has 0 spiro atoms. The number of amides is 2. The summed E-state index contributed by atoms with van der Waals surface area (Å²) in [6.45, 7) is 15.9. The van der Waals surface area contributed by atoms with Crippen LogP contribution in [0.5, 0.6) is 0 Å². The number of aliphatic imine (C=N–C) groups is 1. The Morgan fingerprint density at radius 3 is 2.55 bits per heavy atom. The fraction of sp³-hybridized carbons (Fsp3) is 0.469. The molecule has 1 unspecified atom stereocenters. The van der Waals surface area contributed by atoms with Gasteiger partial charge in [-0.3, -0.25) is 29.1 Å². The Morgan fingerprint density at radius 1 is 1.24 bits per heavy atom. The summed E-state index contributed by atoms with van der Waals surface area (Å²) in [5.41, 5.74) is 10.2. The molecule has 2 aliphatic rings. The van der Waals surface area contributed by atoms with E-state index in [4.69, 9.17) is 5.73 Å². The van der Waals surface area contributed by atoms with E-state index >= 15 is 0 Å². The normalized spacial score (nSPS) is 20.0. The van der Waals surface area contributed by atoms with Crippen molar-refractivity contribution in [2.45, 2.75) is 59.9 Å². The third kappa shape index (κ3) is 6.87. The lowest BCUT2D eigenvalue weighted by Crippen LogP contribution is -2.58. The molecule has 2 fully saturated rings. The SMILES string of the molecule is C=CC(=N\C=C(\c1cnn(C)c1)C(C)C)/C(=C\N)C(=O)Nc1cc(NC(=O)C2CN(C3CCCC3(C)C)C2)cnc1C. The second-order valence-corrected chi connectivity index (χ2v) is 12.3. The molecule has 224 valence electrons. The molecule has 1 saturated heterocycles. The number of rotatable bonds is 10. The maximum absolute atomic E-state index is 13.3. The second kappa shape index (κ2) is 12.9. The summed E-state index contributed by atoms with van der Waals surface area (Å²) in [5.74, 6) is -0.379. The molecule has 42 heavy (non-hydrogen) atoms. The summed E-state index contributed by atoms with van der Waals surface area (Å²) >= 11 is 0. The largest absolute Gasteiger partial charge is 0.404 e. The summed E-state index contributed by atoms with van der Waals surface area (Å²) in [6, 6.07) is 2.26. The van der Waals surface area contributed by atoms with Crippen molar-refractivity contribution >= 4 is 34.5 Å². The molecule has 10 heteroatoms. The van der Waals surface area contributed by atoms with Crippen molar-refractivity contribution in [2.24, 2.45) is 35.0 Å². The molecular formula is C32H44N8O2. The van der Waals surface area contributed by atoms with Crippen LogP contribution in [-0.2, 0) is 16.6 Å². The Kier molecular flexibility index (Phi) is 9.46. The Morgan fingerprint density at radius 2 is 1.98 bits per heavy atom. The number of carbonyl (C=O) groups excluding carboxylic acids is 2. The van der Waals surface area contributed by atoms with E-state index in [9.17, 15) is 9.59 Å². The maximum atomic E-state index is 13.3. The van der Waals surface area contributed by atoms with E-state index in [0.29, 0.717) is 34.2 Å². The van der Waals surface area contributed by atoms with Gasteiger partial charge < -0.3 is 16.4 Å². The quantitative estimate of drug-likeness (QED) is 0.280. The second-order valence-electron chi connectivity index (χ2n) is 12.3. The Labute approximate surface area is 248 Å². The van der Waals surface area contributed by atoms with E-state index in [1.54, 1.807) is 36.3 Å². The van der Waals surface area contributed by atoms with Crippen molar-refractivity contribution < 1.29 is 9.59 Å². The molecule has 1 aliphatic carbocycles. The standard InChI is InChI=1S/C32H44N8O2/c1-8-27(35-16-26(20(2)3)22-14-36-39(7)17-22)25(13-33)31(42)38-28-12-24(15-34-21(28)4)37-30(41)23-18-40(19-23)29-10-9-11-32(29,5)6/h8,12-17,20,23,29H,1,9-11,18-19,33H2,2-7H3,(H,37,41)(H,38,42)/b25-13+,26-16+,35-27+.